The van der Waals surface area contributed by atoms with E-state index in [1.165, 1.54) is 4.31 Å². The molecule has 1 N–H and O–H groups in total. The normalized spacial score (nSPS) is 17.7. The molecule has 1 fully saturated rings. The van der Waals surface area contributed by atoms with Gasteiger partial charge in [-0.25, -0.2) is 23.4 Å². The summed E-state index contributed by atoms with van der Waals surface area (Å²) in [4.78, 5) is 13.1. The largest absolute Gasteiger partial charge is 0.360 e. The molecule has 0 aliphatic carbocycles. The molecule has 146 valence electrons. The van der Waals surface area contributed by atoms with Crippen LogP contribution >= 0.6 is 0 Å². The Balaban J connectivity index is 1.65. The van der Waals surface area contributed by atoms with Crippen molar-refractivity contribution in [3.63, 3.8) is 0 Å². The van der Waals surface area contributed by atoms with E-state index in [0.717, 1.165) is 6.42 Å². The fourth-order valence-electron chi connectivity index (χ4n) is 3.45. The zero-order valence-corrected chi connectivity index (χ0v) is 16.3. The summed E-state index contributed by atoms with van der Waals surface area (Å²) in [6.07, 6.45) is 4.72. The molecule has 0 spiro atoms. The highest BCUT2D eigenvalue weighted by molar-refractivity contribution is 7.89. The summed E-state index contributed by atoms with van der Waals surface area (Å²) in [6, 6.07) is 6.85. The van der Waals surface area contributed by atoms with E-state index in [2.05, 4.69) is 25.4 Å². The van der Waals surface area contributed by atoms with Gasteiger partial charge in [0, 0.05) is 18.9 Å². The molecule has 0 saturated carbocycles. The summed E-state index contributed by atoms with van der Waals surface area (Å²) in [7, 11) is -3.74. The summed E-state index contributed by atoms with van der Waals surface area (Å²) in [5.74, 6) is 1.28. The molecule has 1 aliphatic rings. The zero-order valence-electron chi connectivity index (χ0n) is 15.5. The van der Waals surface area contributed by atoms with Gasteiger partial charge in [0.05, 0.1) is 11.7 Å². The van der Waals surface area contributed by atoms with Gasteiger partial charge in [-0.1, -0.05) is 11.2 Å². The van der Waals surface area contributed by atoms with Crippen molar-refractivity contribution in [2.24, 2.45) is 0 Å². The number of sulfonamides is 1. The second kappa shape index (κ2) is 7.28. The lowest BCUT2D eigenvalue weighted by atomic mass is 10.1. The first kappa shape index (κ1) is 18.5. The molecule has 10 heteroatoms. The Kier molecular flexibility index (Phi) is 4.82. The van der Waals surface area contributed by atoms with Gasteiger partial charge in [0.15, 0.2) is 5.76 Å². The Hall–Kier alpha value is -2.85. The van der Waals surface area contributed by atoms with Crippen molar-refractivity contribution in [1.82, 2.24) is 24.4 Å². The molecule has 0 aromatic carbocycles. The molecule has 9 nitrogen and oxygen atoms in total. The molecule has 3 aromatic heterocycles. The Labute approximate surface area is 162 Å². The molecule has 4 rings (SSSR count). The third-order valence-electron chi connectivity index (χ3n) is 4.66. The lowest BCUT2D eigenvalue weighted by Gasteiger charge is -2.23. The minimum Gasteiger partial charge on any atom is -0.360 e. The van der Waals surface area contributed by atoms with E-state index < -0.39 is 10.0 Å². The fourth-order valence-corrected chi connectivity index (χ4v) is 5.42. The molecular weight excluding hydrogens is 380 g/mol. The van der Waals surface area contributed by atoms with Crippen LogP contribution in [0.2, 0.25) is 0 Å². The number of rotatable bonds is 5. The van der Waals surface area contributed by atoms with Crippen LogP contribution in [0.25, 0.3) is 0 Å². The first-order valence-corrected chi connectivity index (χ1v) is 10.4. The van der Waals surface area contributed by atoms with E-state index in [-0.39, 0.29) is 10.9 Å². The average Bonchev–Trinajstić information content (AvgIpc) is 3.30. The van der Waals surface area contributed by atoms with Gasteiger partial charge in [0.25, 0.3) is 0 Å². The van der Waals surface area contributed by atoms with E-state index in [1.807, 2.05) is 12.1 Å². The predicted molar refractivity (Wildman–Crippen MR) is 101 cm³/mol. The van der Waals surface area contributed by atoms with Crippen LogP contribution in [0.1, 0.15) is 36.0 Å². The highest BCUT2D eigenvalue weighted by atomic mass is 32.2. The number of anilines is 2. The minimum absolute atomic E-state index is 0.139. The first-order chi connectivity index (χ1) is 13.5. The van der Waals surface area contributed by atoms with Gasteiger partial charge in [-0.2, -0.15) is 4.31 Å². The number of aromatic nitrogens is 4. The van der Waals surface area contributed by atoms with Gasteiger partial charge >= 0.3 is 0 Å². The molecule has 0 radical (unpaired) electrons. The third kappa shape index (κ3) is 3.36. The van der Waals surface area contributed by atoms with Gasteiger partial charge in [0.1, 0.15) is 16.4 Å². The number of nitrogens with one attached hydrogen (secondary N) is 1. The van der Waals surface area contributed by atoms with Crippen LogP contribution in [0.5, 0.6) is 0 Å². The quantitative estimate of drug-likeness (QED) is 0.695. The minimum atomic E-state index is -3.74. The molecule has 1 atom stereocenters. The van der Waals surface area contributed by atoms with E-state index in [9.17, 15) is 8.42 Å². The van der Waals surface area contributed by atoms with Gasteiger partial charge < -0.3 is 9.84 Å². The highest BCUT2D eigenvalue weighted by Gasteiger charge is 2.40. The Morgan fingerprint density at radius 1 is 1.18 bits per heavy atom. The molecule has 0 amide bonds. The SMILES string of the molecule is Cc1noc(C)c1S(=O)(=O)N1CCCC1c1ccnc(Nc2ccccn2)n1. The third-order valence-corrected chi connectivity index (χ3v) is 6.81. The van der Waals surface area contributed by atoms with E-state index >= 15 is 0 Å². The Bertz CT molecular complexity index is 1060. The summed E-state index contributed by atoms with van der Waals surface area (Å²) in [6.45, 7) is 3.66. The van der Waals surface area contributed by atoms with Crippen molar-refractivity contribution < 1.29 is 12.9 Å². The van der Waals surface area contributed by atoms with Crippen LogP contribution in [0, 0.1) is 13.8 Å². The van der Waals surface area contributed by atoms with Gasteiger partial charge in [-0.15, -0.1) is 0 Å². The van der Waals surface area contributed by atoms with Crippen molar-refractivity contribution in [3.8, 4) is 0 Å². The van der Waals surface area contributed by atoms with E-state index in [0.29, 0.717) is 41.9 Å². The number of aryl methyl sites for hydroxylation is 2. The van der Waals surface area contributed by atoms with Crippen LogP contribution in [-0.4, -0.2) is 39.4 Å². The number of hydrogen-bond acceptors (Lipinski definition) is 8. The zero-order chi connectivity index (χ0) is 19.7. The van der Waals surface area contributed by atoms with Crippen molar-refractivity contribution in [2.75, 3.05) is 11.9 Å². The fraction of sp³-hybridized carbons (Fsp3) is 0.333. The van der Waals surface area contributed by atoms with Crippen LogP contribution in [0.3, 0.4) is 0 Å². The van der Waals surface area contributed by atoms with Gasteiger partial charge in [-0.3, -0.25) is 0 Å². The molecule has 0 bridgehead atoms. The molecule has 1 saturated heterocycles. The first-order valence-electron chi connectivity index (χ1n) is 8.92. The van der Waals surface area contributed by atoms with Crippen molar-refractivity contribution in [3.05, 3.63) is 53.8 Å². The Morgan fingerprint density at radius 3 is 2.75 bits per heavy atom. The topological polar surface area (TPSA) is 114 Å². The second-order valence-corrected chi connectivity index (χ2v) is 8.40. The lowest BCUT2D eigenvalue weighted by Crippen LogP contribution is -2.31. The smallest absolute Gasteiger partial charge is 0.249 e. The molecule has 3 aromatic rings. The number of hydrogen-bond donors (Lipinski definition) is 1. The van der Waals surface area contributed by atoms with Crippen LogP contribution in [-0.2, 0) is 10.0 Å². The molecule has 1 aliphatic heterocycles. The lowest BCUT2D eigenvalue weighted by molar-refractivity contribution is 0.381. The second-order valence-electron chi connectivity index (χ2n) is 6.57. The van der Waals surface area contributed by atoms with Crippen molar-refractivity contribution in [1.29, 1.82) is 0 Å². The maximum absolute atomic E-state index is 13.3. The standard InChI is InChI=1S/C18H20N6O3S/c1-12-17(13(2)27-23-12)28(25,26)24-11-5-6-15(24)14-8-10-20-18(21-14)22-16-7-3-4-9-19-16/h3-4,7-10,15H,5-6,11H2,1-2H3,(H,19,20,21,22). The van der Waals surface area contributed by atoms with E-state index in [4.69, 9.17) is 4.52 Å². The maximum atomic E-state index is 13.3. The molecule has 28 heavy (non-hydrogen) atoms. The summed E-state index contributed by atoms with van der Waals surface area (Å²) in [5.41, 5.74) is 1.00. The van der Waals surface area contributed by atoms with Crippen LogP contribution < -0.4 is 5.32 Å². The molecule has 4 heterocycles. The number of pyridine rings is 1. The summed E-state index contributed by atoms with van der Waals surface area (Å²) >= 11 is 0. The van der Waals surface area contributed by atoms with Crippen molar-refractivity contribution in [2.45, 2.75) is 37.6 Å². The van der Waals surface area contributed by atoms with Crippen LogP contribution in [0.4, 0.5) is 11.8 Å². The van der Waals surface area contributed by atoms with Crippen LogP contribution in [0.15, 0.2) is 46.1 Å². The van der Waals surface area contributed by atoms with E-state index in [1.54, 1.807) is 38.4 Å². The predicted octanol–water partition coefficient (Wildman–Crippen LogP) is 2.75. The maximum Gasteiger partial charge on any atom is 0.249 e. The highest BCUT2D eigenvalue weighted by Crippen LogP contribution is 2.37. The summed E-state index contributed by atoms with van der Waals surface area (Å²) in [5, 5.41) is 6.83. The van der Waals surface area contributed by atoms with Gasteiger partial charge in [0.2, 0.25) is 16.0 Å². The van der Waals surface area contributed by atoms with Gasteiger partial charge in [-0.05, 0) is 44.9 Å². The molecular formula is C18H20N6O3S. The summed E-state index contributed by atoms with van der Waals surface area (Å²) < 4.78 is 33.1. The molecule has 1 unspecified atom stereocenters. The van der Waals surface area contributed by atoms with Crippen molar-refractivity contribution >= 4 is 21.8 Å². The number of nitrogens with zero attached hydrogens (tertiary/aromatic N) is 5. The Morgan fingerprint density at radius 2 is 2.04 bits per heavy atom. The average molecular weight is 400 g/mol. The monoisotopic (exact) mass is 400 g/mol.